The number of hydrogen-bond donors (Lipinski definition) is 0. The molecule has 0 aromatic carbocycles. The van der Waals surface area contributed by atoms with Crippen molar-refractivity contribution in [3.8, 4) is 0 Å². The summed E-state index contributed by atoms with van der Waals surface area (Å²) in [6, 6.07) is 0. The molecule has 0 aromatic rings. The minimum Gasteiger partial charge on any atom is -0.457 e. The Hall–Kier alpha value is -1.22. The lowest BCUT2D eigenvalue weighted by Crippen LogP contribution is -2.62. The van der Waals surface area contributed by atoms with Crippen molar-refractivity contribution in [3.05, 3.63) is 0 Å². The molecule has 122 valence electrons. The van der Waals surface area contributed by atoms with E-state index in [0.717, 1.165) is 0 Å². The van der Waals surface area contributed by atoms with Gasteiger partial charge in [-0.05, 0) is 0 Å². The first-order valence-corrected chi connectivity index (χ1v) is 6.49. The van der Waals surface area contributed by atoms with Crippen LogP contribution in [0, 0.1) is 0 Å². The standard InChI is InChI=1S/C13H22O8/c1-7(14)19-10-9(6-16-3)21-13(18-5)12(11(10)17-4)20-8(2)15/h9-13H,6H2,1-5H3/t9-,10-,11+,12-,13-/m1/s1. The predicted molar refractivity (Wildman–Crippen MR) is 69.5 cm³/mol. The fraction of sp³-hybridized carbons (Fsp3) is 0.846. The van der Waals surface area contributed by atoms with Gasteiger partial charge in [0, 0.05) is 35.2 Å². The van der Waals surface area contributed by atoms with E-state index in [1.54, 1.807) is 0 Å². The van der Waals surface area contributed by atoms with Gasteiger partial charge in [-0.25, -0.2) is 0 Å². The van der Waals surface area contributed by atoms with Gasteiger partial charge < -0.3 is 28.4 Å². The van der Waals surface area contributed by atoms with Crippen LogP contribution in [0.3, 0.4) is 0 Å². The van der Waals surface area contributed by atoms with Crippen LogP contribution < -0.4 is 0 Å². The summed E-state index contributed by atoms with van der Waals surface area (Å²) in [5.41, 5.74) is 0. The van der Waals surface area contributed by atoms with Crippen LogP contribution in [-0.2, 0) is 38.0 Å². The lowest BCUT2D eigenvalue weighted by molar-refractivity contribution is -0.304. The van der Waals surface area contributed by atoms with E-state index in [2.05, 4.69) is 0 Å². The van der Waals surface area contributed by atoms with Crippen LogP contribution in [0.15, 0.2) is 0 Å². The predicted octanol–water partition coefficient (Wildman–Crippen LogP) is -0.117. The van der Waals surface area contributed by atoms with E-state index in [-0.39, 0.29) is 6.61 Å². The first kappa shape index (κ1) is 17.8. The summed E-state index contributed by atoms with van der Waals surface area (Å²) in [6.45, 7) is 2.71. The second kappa shape index (κ2) is 8.28. The molecule has 0 unspecified atom stereocenters. The zero-order chi connectivity index (χ0) is 16.0. The summed E-state index contributed by atoms with van der Waals surface area (Å²) < 4.78 is 31.7. The lowest BCUT2D eigenvalue weighted by Gasteiger charge is -2.43. The number of carbonyl (C=O) groups excluding carboxylic acids is 2. The van der Waals surface area contributed by atoms with Gasteiger partial charge in [-0.2, -0.15) is 0 Å². The summed E-state index contributed by atoms with van der Waals surface area (Å²) in [6.07, 6.45) is -3.79. The molecule has 21 heavy (non-hydrogen) atoms. The fourth-order valence-electron chi connectivity index (χ4n) is 2.29. The highest BCUT2D eigenvalue weighted by atomic mass is 16.7. The second-order valence-corrected chi connectivity index (χ2v) is 4.58. The third kappa shape index (κ3) is 4.63. The minimum atomic E-state index is -0.852. The van der Waals surface area contributed by atoms with E-state index in [0.29, 0.717) is 0 Å². The zero-order valence-electron chi connectivity index (χ0n) is 12.9. The SMILES string of the molecule is COC[C@H]1O[C@@H](OC)[C@H](OC(C)=O)[C@@H](OC)[C@@H]1OC(C)=O. The highest BCUT2D eigenvalue weighted by Crippen LogP contribution is 2.28. The average molecular weight is 306 g/mol. The van der Waals surface area contributed by atoms with Crippen molar-refractivity contribution in [2.24, 2.45) is 0 Å². The minimum absolute atomic E-state index is 0.171. The molecule has 0 bridgehead atoms. The third-order valence-corrected chi connectivity index (χ3v) is 3.03. The van der Waals surface area contributed by atoms with Gasteiger partial charge in [0.15, 0.2) is 18.5 Å². The number of ether oxygens (including phenoxy) is 6. The Kier molecular flexibility index (Phi) is 7.03. The number of hydrogen-bond acceptors (Lipinski definition) is 8. The molecule has 8 nitrogen and oxygen atoms in total. The van der Waals surface area contributed by atoms with Gasteiger partial charge in [0.1, 0.15) is 12.2 Å². The van der Waals surface area contributed by atoms with Crippen molar-refractivity contribution >= 4 is 11.9 Å². The molecule has 0 amide bonds. The topological polar surface area (TPSA) is 89.5 Å². The maximum absolute atomic E-state index is 11.3. The summed E-state index contributed by atoms with van der Waals surface area (Å²) in [7, 11) is 4.35. The Morgan fingerprint density at radius 2 is 1.48 bits per heavy atom. The van der Waals surface area contributed by atoms with Crippen molar-refractivity contribution in [3.63, 3.8) is 0 Å². The molecule has 0 radical (unpaired) electrons. The van der Waals surface area contributed by atoms with E-state index in [4.69, 9.17) is 28.4 Å². The van der Waals surface area contributed by atoms with Gasteiger partial charge in [-0.15, -0.1) is 0 Å². The van der Waals surface area contributed by atoms with E-state index < -0.39 is 42.6 Å². The van der Waals surface area contributed by atoms with Gasteiger partial charge in [0.25, 0.3) is 0 Å². The van der Waals surface area contributed by atoms with Crippen molar-refractivity contribution in [2.45, 2.75) is 44.6 Å². The normalized spacial score (nSPS) is 32.5. The van der Waals surface area contributed by atoms with Crippen LogP contribution in [-0.4, -0.2) is 70.6 Å². The maximum Gasteiger partial charge on any atom is 0.303 e. The van der Waals surface area contributed by atoms with E-state index in [9.17, 15) is 9.59 Å². The number of carbonyl (C=O) groups is 2. The van der Waals surface area contributed by atoms with Gasteiger partial charge in [-0.3, -0.25) is 9.59 Å². The monoisotopic (exact) mass is 306 g/mol. The van der Waals surface area contributed by atoms with Gasteiger partial charge in [0.2, 0.25) is 0 Å². The van der Waals surface area contributed by atoms with Crippen LogP contribution in [0.2, 0.25) is 0 Å². The molecule has 5 atom stereocenters. The van der Waals surface area contributed by atoms with Gasteiger partial charge in [-0.1, -0.05) is 0 Å². The first-order valence-electron chi connectivity index (χ1n) is 6.49. The van der Waals surface area contributed by atoms with Crippen molar-refractivity contribution in [1.82, 2.24) is 0 Å². The largest absolute Gasteiger partial charge is 0.457 e. The Labute approximate surface area is 123 Å². The van der Waals surface area contributed by atoms with E-state index in [1.165, 1.54) is 35.2 Å². The van der Waals surface area contributed by atoms with Crippen molar-refractivity contribution < 1.29 is 38.0 Å². The van der Waals surface area contributed by atoms with E-state index in [1.807, 2.05) is 0 Å². The highest BCUT2D eigenvalue weighted by molar-refractivity contribution is 5.67. The molecule has 1 aliphatic rings. The molecule has 1 saturated heterocycles. The first-order chi connectivity index (χ1) is 9.94. The summed E-state index contributed by atoms with van der Waals surface area (Å²) in [5.74, 6) is -1.01. The second-order valence-electron chi connectivity index (χ2n) is 4.58. The Bertz CT molecular complexity index is 358. The van der Waals surface area contributed by atoms with Crippen LogP contribution >= 0.6 is 0 Å². The Balaban J connectivity index is 3.03. The molecule has 1 aliphatic heterocycles. The number of rotatable bonds is 6. The molecule has 0 N–H and O–H groups in total. The lowest BCUT2D eigenvalue weighted by atomic mass is 9.98. The number of esters is 2. The average Bonchev–Trinajstić information content (AvgIpc) is 2.40. The van der Waals surface area contributed by atoms with Crippen molar-refractivity contribution in [1.29, 1.82) is 0 Å². The molecule has 8 heteroatoms. The molecule has 0 saturated carbocycles. The van der Waals surface area contributed by atoms with Crippen LogP contribution in [0.25, 0.3) is 0 Å². The van der Waals surface area contributed by atoms with Crippen LogP contribution in [0.5, 0.6) is 0 Å². The van der Waals surface area contributed by atoms with Gasteiger partial charge in [0.05, 0.1) is 6.61 Å². The fourth-order valence-corrected chi connectivity index (χ4v) is 2.29. The summed E-state index contributed by atoms with van der Waals surface area (Å²) in [4.78, 5) is 22.5. The molecular formula is C13H22O8. The van der Waals surface area contributed by atoms with Crippen molar-refractivity contribution in [2.75, 3.05) is 27.9 Å². The molecule has 0 aliphatic carbocycles. The molecule has 0 aromatic heterocycles. The molecule has 1 fully saturated rings. The third-order valence-electron chi connectivity index (χ3n) is 3.03. The zero-order valence-corrected chi connectivity index (χ0v) is 12.9. The highest BCUT2D eigenvalue weighted by Gasteiger charge is 2.50. The molecule has 1 heterocycles. The quantitative estimate of drug-likeness (QED) is 0.628. The number of methoxy groups -OCH3 is 3. The Morgan fingerprint density at radius 1 is 0.905 bits per heavy atom. The maximum atomic E-state index is 11.3. The Morgan fingerprint density at radius 3 is 1.90 bits per heavy atom. The summed E-state index contributed by atoms with van der Waals surface area (Å²) >= 11 is 0. The molecular weight excluding hydrogens is 284 g/mol. The van der Waals surface area contributed by atoms with E-state index >= 15 is 0 Å². The molecule has 1 rings (SSSR count). The van der Waals surface area contributed by atoms with Gasteiger partial charge >= 0.3 is 11.9 Å². The molecule has 0 spiro atoms. The van der Waals surface area contributed by atoms with Crippen LogP contribution in [0.4, 0.5) is 0 Å². The smallest absolute Gasteiger partial charge is 0.303 e. The van der Waals surface area contributed by atoms with Crippen LogP contribution in [0.1, 0.15) is 13.8 Å². The summed E-state index contributed by atoms with van der Waals surface area (Å²) in [5, 5.41) is 0.